The zero-order chi connectivity index (χ0) is 18.0. The fourth-order valence-electron chi connectivity index (χ4n) is 2.65. The number of nitrogens with one attached hydrogen (secondary N) is 1. The van der Waals surface area contributed by atoms with E-state index < -0.39 is 35.7 Å². The molecular formula is C17H18N2O6. The summed E-state index contributed by atoms with van der Waals surface area (Å²) >= 11 is 0. The minimum atomic E-state index is -0.896. The Bertz CT molecular complexity index is 873. The van der Waals surface area contributed by atoms with E-state index >= 15 is 0 Å². The highest BCUT2D eigenvalue weighted by Gasteiger charge is 2.36. The molecule has 0 unspecified atom stereocenters. The van der Waals surface area contributed by atoms with Crippen LogP contribution in [-0.4, -0.2) is 39.4 Å². The first-order valence-corrected chi connectivity index (χ1v) is 7.83. The van der Waals surface area contributed by atoms with Crippen molar-refractivity contribution >= 4 is 5.97 Å². The van der Waals surface area contributed by atoms with Gasteiger partial charge in [-0.05, 0) is 19.1 Å². The summed E-state index contributed by atoms with van der Waals surface area (Å²) in [4.78, 5) is 37.5. The second-order valence-electron chi connectivity index (χ2n) is 5.88. The van der Waals surface area contributed by atoms with Crippen LogP contribution in [0.25, 0.3) is 0 Å². The third-order valence-electron chi connectivity index (χ3n) is 4.05. The minimum Gasteiger partial charge on any atom is -0.459 e. The van der Waals surface area contributed by atoms with Crippen LogP contribution in [0.4, 0.5) is 0 Å². The van der Waals surface area contributed by atoms with E-state index in [1.807, 2.05) is 0 Å². The molecule has 0 radical (unpaired) electrons. The maximum absolute atomic E-state index is 11.9. The Hall–Kier alpha value is -2.71. The molecule has 1 aromatic carbocycles. The van der Waals surface area contributed by atoms with Gasteiger partial charge in [-0.1, -0.05) is 18.2 Å². The average Bonchev–Trinajstić information content (AvgIpc) is 2.97. The fourth-order valence-corrected chi connectivity index (χ4v) is 2.65. The number of carbonyl (C=O) groups is 1. The van der Waals surface area contributed by atoms with Crippen LogP contribution in [0, 0.1) is 6.92 Å². The first-order valence-electron chi connectivity index (χ1n) is 7.83. The van der Waals surface area contributed by atoms with E-state index in [4.69, 9.17) is 9.47 Å². The summed E-state index contributed by atoms with van der Waals surface area (Å²) in [5, 5.41) is 10.1. The van der Waals surface area contributed by atoms with Gasteiger partial charge in [-0.2, -0.15) is 0 Å². The van der Waals surface area contributed by atoms with E-state index in [9.17, 15) is 19.5 Å². The molecule has 0 amide bonds. The van der Waals surface area contributed by atoms with Crippen molar-refractivity contribution < 1.29 is 19.4 Å². The molecule has 1 aliphatic rings. The van der Waals surface area contributed by atoms with Crippen LogP contribution in [0.3, 0.4) is 0 Å². The minimum absolute atomic E-state index is 0.136. The van der Waals surface area contributed by atoms with E-state index in [2.05, 4.69) is 4.98 Å². The quantitative estimate of drug-likeness (QED) is 0.773. The molecular weight excluding hydrogens is 328 g/mol. The number of hydrogen-bond donors (Lipinski definition) is 2. The number of hydrogen-bond acceptors (Lipinski definition) is 6. The van der Waals surface area contributed by atoms with Gasteiger partial charge in [-0.15, -0.1) is 0 Å². The standard InChI is InChI=1S/C17H18N2O6/c1-10-8-19(17(23)18-15(10)21)14-7-12(20)13(25-14)9-24-16(22)11-5-3-2-4-6-11/h2-6,8,12-14,20H,7,9H2,1H3,(H,18,21,23)/t12-,13+,14+/m0/s1. The Labute approximate surface area is 142 Å². The van der Waals surface area contributed by atoms with Crippen molar-refractivity contribution in [1.29, 1.82) is 0 Å². The Kier molecular flexibility index (Phi) is 4.82. The highest BCUT2D eigenvalue weighted by atomic mass is 16.6. The number of esters is 1. The van der Waals surface area contributed by atoms with Crippen LogP contribution >= 0.6 is 0 Å². The topological polar surface area (TPSA) is 111 Å². The highest BCUT2D eigenvalue weighted by Crippen LogP contribution is 2.27. The number of carbonyl (C=O) groups excluding carboxylic acids is 1. The molecule has 0 bridgehead atoms. The summed E-state index contributed by atoms with van der Waals surface area (Å²) in [6, 6.07) is 8.48. The van der Waals surface area contributed by atoms with Gasteiger partial charge in [0.1, 0.15) is 18.9 Å². The lowest BCUT2D eigenvalue weighted by Crippen LogP contribution is -2.33. The number of rotatable bonds is 4. The lowest BCUT2D eigenvalue weighted by molar-refractivity contribution is -0.0532. The summed E-state index contributed by atoms with van der Waals surface area (Å²) in [5.41, 5.74) is -0.321. The van der Waals surface area contributed by atoms with Gasteiger partial charge < -0.3 is 14.6 Å². The molecule has 8 heteroatoms. The molecule has 1 fully saturated rings. The van der Waals surface area contributed by atoms with Crippen LogP contribution in [0.1, 0.15) is 28.6 Å². The molecule has 0 saturated carbocycles. The van der Waals surface area contributed by atoms with Crippen molar-refractivity contribution in [3.63, 3.8) is 0 Å². The first-order chi connectivity index (χ1) is 12.0. The molecule has 3 atom stereocenters. The third-order valence-corrected chi connectivity index (χ3v) is 4.05. The van der Waals surface area contributed by atoms with Gasteiger partial charge in [0, 0.05) is 18.2 Å². The van der Waals surface area contributed by atoms with Crippen LogP contribution in [-0.2, 0) is 9.47 Å². The summed E-state index contributed by atoms with van der Waals surface area (Å²) < 4.78 is 12.0. The lowest BCUT2D eigenvalue weighted by Gasteiger charge is -2.16. The summed E-state index contributed by atoms with van der Waals surface area (Å²) in [6.07, 6.45) is -0.849. The molecule has 1 aliphatic heterocycles. The largest absolute Gasteiger partial charge is 0.459 e. The smallest absolute Gasteiger partial charge is 0.338 e. The van der Waals surface area contributed by atoms with E-state index in [0.29, 0.717) is 11.1 Å². The van der Waals surface area contributed by atoms with E-state index in [-0.39, 0.29) is 13.0 Å². The summed E-state index contributed by atoms with van der Waals surface area (Å²) in [7, 11) is 0. The van der Waals surface area contributed by atoms with Crippen LogP contribution in [0.15, 0.2) is 46.1 Å². The van der Waals surface area contributed by atoms with Crippen molar-refractivity contribution in [2.24, 2.45) is 0 Å². The van der Waals surface area contributed by atoms with Crippen molar-refractivity contribution in [1.82, 2.24) is 9.55 Å². The second kappa shape index (κ2) is 7.04. The van der Waals surface area contributed by atoms with Crippen LogP contribution in [0.2, 0.25) is 0 Å². The number of aryl methyl sites for hydroxylation is 1. The van der Waals surface area contributed by atoms with Gasteiger partial charge in [0.05, 0.1) is 11.7 Å². The number of aliphatic hydroxyl groups excluding tert-OH is 1. The summed E-state index contributed by atoms with van der Waals surface area (Å²) in [5.74, 6) is -0.517. The number of ether oxygens (including phenoxy) is 2. The normalized spacial score (nSPS) is 22.7. The third kappa shape index (κ3) is 3.70. The Balaban J connectivity index is 1.66. The van der Waals surface area contributed by atoms with E-state index in [1.165, 1.54) is 10.8 Å². The number of aromatic amines is 1. The van der Waals surface area contributed by atoms with Gasteiger partial charge in [0.2, 0.25) is 0 Å². The Morgan fingerprint density at radius 3 is 2.80 bits per heavy atom. The zero-order valence-electron chi connectivity index (χ0n) is 13.5. The molecule has 132 valence electrons. The van der Waals surface area contributed by atoms with Gasteiger partial charge in [-0.3, -0.25) is 14.3 Å². The Morgan fingerprint density at radius 1 is 1.36 bits per heavy atom. The molecule has 25 heavy (non-hydrogen) atoms. The van der Waals surface area contributed by atoms with Crippen molar-refractivity contribution in [2.75, 3.05) is 6.61 Å². The van der Waals surface area contributed by atoms with E-state index in [1.54, 1.807) is 37.3 Å². The molecule has 3 rings (SSSR count). The maximum atomic E-state index is 11.9. The van der Waals surface area contributed by atoms with Crippen molar-refractivity contribution in [3.05, 3.63) is 68.5 Å². The predicted molar refractivity (Wildman–Crippen MR) is 87.3 cm³/mol. The van der Waals surface area contributed by atoms with Gasteiger partial charge in [0.15, 0.2) is 0 Å². The van der Waals surface area contributed by atoms with Crippen LogP contribution in [0.5, 0.6) is 0 Å². The SMILES string of the molecule is Cc1cn([C@H]2C[C@H](O)[C@@H](COC(=O)c3ccccc3)O2)c(=O)[nH]c1=O. The molecule has 1 saturated heterocycles. The van der Waals surface area contributed by atoms with Crippen molar-refractivity contribution in [2.45, 2.75) is 31.8 Å². The predicted octanol–water partition coefficient (Wildman–Crippen LogP) is 0.350. The second-order valence-corrected chi connectivity index (χ2v) is 5.88. The number of aliphatic hydroxyl groups is 1. The molecule has 8 nitrogen and oxygen atoms in total. The molecule has 0 spiro atoms. The fraction of sp³-hybridized carbons (Fsp3) is 0.353. The maximum Gasteiger partial charge on any atom is 0.338 e. The zero-order valence-corrected chi connectivity index (χ0v) is 13.5. The molecule has 0 aliphatic carbocycles. The monoisotopic (exact) mass is 346 g/mol. The van der Waals surface area contributed by atoms with Gasteiger partial charge >= 0.3 is 11.7 Å². The summed E-state index contributed by atoms with van der Waals surface area (Å²) in [6.45, 7) is 1.43. The van der Waals surface area contributed by atoms with Gasteiger partial charge in [-0.25, -0.2) is 9.59 Å². The lowest BCUT2D eigenvalue weighted by atomic mass is 10.2. The molecule has 2 heterocycles. The van der Waals surface area contributed by atoms with Gasteiger partial charge in [0.25, 0.3) is 5.56 Å². The van der Waals surface area contributed by atoms with Crippen LogP contribution < -0.4 is 11.2 Å². The molecule has 2 N–H and O–H groups in total. The molecule has 2 aromatic rings. The number of nitrogens with zero attached hydrogens (tertiary/aromatic N) is 1. The number of H-pyrrole nitrogens is 1. The van der Waals surface area contributed by atoms with E-state index in [0.717, 1.165) is 0 Å². The Morgan fingerprint density at radius 2 is 2.08 bits per heavy atom. The highest BCUT2D eigenvalue weighted by molar-refractivity contribution is 5.89. The first kappa shape index (κ1) is 17.1. The number of benzene rings is 1. The molecule has 1 aromatic heterocycles. The number of aromatic nitrogens is 2. The van der Waals surface area contributed by atoms with Crippen molar-refractivity contribution in [3.8, 4) is 0 Å². The average molecular weight is 346 g/mol.